The van der Waals surface area contributed by atoms with E-state index in [9.17, 15) is 9.18 Å². The van der Waals surface area contributed by atoms with Gasteiger partial charge in [0.25, 0.3) is 5.91 Å². The molecule has 0 unspecified atom stereocenters. The lowest BCUT2D eigenvalue weighted by molar-refractivity contribution is 0.0953. The Morgan fingerprint density at radius 2 is 1.62 bits per heavy atom. The molecule has 3 aromatic rings. The van der Waals surface area contributed by atoms with E-state index in [2.05, 4.69) is 34.9 Å². The zero-order chi connectivity index (χ0) is 21.5. The molecular formula is C26H31ClFN3O. The van der Waals surface area contributed by atoms with E-state index in [1.54, 1.807) is 0 Å². The van der Waals surface area contributed by atoms with Crippen LogP contribution in [0.1, 0.15) is 60.1 Å². The number of rotatable bonds is 9. The number of hydrogen-bond acceptors (Lipinski definition) is 3. The van der Waals surface area contributed by atoms with Crippen LogP contribution in [0.3, 0.4) is 0 Å². The number of halogens is 2. The largest absolute Gasteiger partial charge is 0.384 e. The maximum atomic E-state index is 12.9. The lowest BCUT2D eigenvalue weighted by Gasteiger charge is -2.21. The van der Waals surface area contributed by atoms with Gasteiger partial charge in [0.1, 0.15) is 5.82 Å². The van der Waals surface area contributed by atoms with Crippen LogP contribution in [0.5, 0.6) is 0 Å². The topological polar surface area (TPSA) is 54.0 Å². The Morgan fingerprint density at radius 3 is 2.44 bits per heavy atom. The van der Waals surface area contributed by atoms with Crippen molar-refractivity contribution in [3.8, 4) is 0 Å². The highest BCUT2D eigenvalue weighted by molar-refractivity contribution is 5.94. The number of amides is 1. The summed E-state index contributed by atoms with van der Waals surface area (Å²) in [6.45, 7) is 1.59. The molecule has 6 heteroatoms. The van der Waals surface area contributed by atoms with Gasteiger partial charge in [0, 0.05) is 35.4 Å². The first-order valence-electron chi connectivity index (χ1n) is 11.4. The maximum absolute atomic E-state index is 12.9. The molecule has 1 aliphatic carbocycles. The average Bonchev–Trinajstić information content (AvgIpc) is 2.80. The molecule has 2 N–H and O–H groups in total. The highest BCUT2D eigenvalue weighted by Crippen LogP contribution is 2.33. The number of carbonyl (C=O) groups is 1. The fourth-order valence-electron chi connectivity index (χ4n) is 4.30. The number of aromatic nitrogens is 1. The van der Waals surface area contributed by atoms with Gasteiger partial charge in [0.05, 0.1) is 5.52 Å². The second-order valence-corrected chi connectivity index (χ2v) is 8.24. The van der Waals surface area contributed by atoms with E-state index in [4.69, 9.17) is 4.98 Å². The number of fused-ring (bicyclic) bond motifs is 2. The smallest absolute Gasteiger partial charge is 0.251 e. The molecule has 1 heterocycles. The molecule has 0 atom stereocenters. The van der Waals surface area contributed by atoms with Gasteiger partial charge >= 0.3 is 0 Å². The summed E-state index contributed by atoms with van der Waals surface area (Å²) in [5.41, 5.74) is 5.55. The predicted octanol–water partition coefficient (Wildman–Crippen LogP) is 6.08. The molecule has 0 bridgehead atoms. The van der Waals surface area contributed by atoms with Crippen LogP contribution < -0.4 is 10.6 Å². The summed E-state index contributed by atoms with van der Waals surface area (Å²) < 4.78 is 12.9. The second kappa shape index (κ2) is 11.8. The maximum Gasteiger partial charge on any atom is 0.251 e. The molecule has 4 nitrogen and oxygen atoms in total. The van der Waals surface area contributed by atoms with Crippen LogP contribution in [0.15, 0.2) is 48.5 Å². The molecule has 0 radical (unpaired) electrons. The van der Waals surface area contributed by atoms with Crippen molar-refractivity contribution in [2.45, 2.75) is 51.4 Å². The summed E-state index contributed by atoms with van der Waals surface area (Å²) in [5.74, 6) is -0.471. The number of benzene rings is 2. The zero-order valence-electron chi connectivity index (χ0n) is 18.3. The van der Waals surface area contributed by atoms with Gasteiger partial charge in [-0.3, -0.25) is 9.78 Å². The number of hydrogen-bond donors (Lipinski definition) is 2. The van der Waals surface area contributed by atoms with Crippen molar-refractivity contribution in [1.29, 1.82) is 0 Å². The molecular weight excluding hydrogens is 425 g/mol. The van der Waals surface area contributed by atoms with Gasteiger partial charge in [-0.05, 0) is 74.4 Å². The highest BCUT2D eigenvalue weighted by atomic mass is 35.5. The minimum absolute atomic E-state index is 0. The van der Waals surface area contributed by atoms with Crippen molar-refractivity contribution >= 4 is 34.9 Å². The normalized spacial score (nSPS) is 12.7. The number of anilines is 1. The number of aryl methyl sites for hydroxylation is 1. The van der Waals surface area contributed by atoms with Gasteiger partial charge in [-0.15, -0.1) is 12.4 Å². The average molecular weight is 456 g/mol. The summed E-state index contributed by atoms with van der Waals surface area (Å²) in [7, 11) is 0. The quantitative estimate of drug-likeness (QED) is 0.384. The van der Waals surface area contributed by atoms with E-state index in [0.29, 0.717) is 12.1 Å². The molecule has 2 aromatic carbocycles. The van der Waals surface area contributed by atoms with Crippen LogP contribution >= 0.6 is 12.4 Å². The lowest BCUT2D eigenvalue weighted by Crippen LogP contribution is -2.24. The van der Waals surface area contributed by atoms with Crippen molar-refractivity contribution in [2.75, 3.05) is 18.4 Å². The first-order valence-corrected chi connectivity index (χ1v) is 11.4. The van der Waals surface area contributed by atoms with Crippen molar-refractivity contribution in [3.63, 3.8) is 0 Å². The summed E-state index contributed by atoms with van der Waals surface area (Å²) in [5, 5.41) is 7.84. The number of carbonyl (C=O) groups excluding carboxylic acids is 1. The Labute approximate surface area is 195 Å². The van der Waals surface area contributed by atoms with Crippen molar-refractivity contribution in [1.82, 2.24) is 10.3 Å². The van der Waals surface area contributed by atoms with Gasteiger partial charge in [0.15, 0.2) is 0 Å². The van der Waals surface area contributed by atoms with Crippen molar-refractivity contribution < 1.29 is 9.18 Å². The van der Waals surface area contributed by atoms with Crippen LogP contribution in [0.2, 0.25) is 0 Å². The predicted molar refractivity (Wildman–Crippen MR) is 131 cm³/mol. The molecule has 0 aliphatic heterocycles. The van der Waals surface area contributed by atoms with Gasteiger partial charge in [0.2, 0.25) is 0 Å². The fraction of sp³-hybridized carbons (Fsp3) is 0.385. The third-order valence-electron chi connectivity index (χ3n) is 5.97. The van der Waals surface area contributed by atoms with E-state index < -0.39 is 0 Å². The molecule has 1 aromatic heterocycles. The molecule has 0 saturated carbocycles. The van der Waals surface area contributed by atoms with E-state index >= 15 is 0 Å². The monoisotopic (exact) mass is 455 g/mol. The van der Waals surface area contributed by atoms with Crippen molar-refractivity contribution in [2.24, 2.45) is 0 Å². The number of nitrogens with one attached hydrogen (secondary N) is 2. The van der Waals surface area contributed by atoms with Crippen LogP contribution in [0.4, 0.5) is 10.1 Å². The Kier molecular flexibility index (Phi) is 8.86. The first kappa shape index (κ1) is 24.0. The third-order valence-corrected chi connectivity index (χ3v) is 5.97. The van der Waals surface area contributed by atoms with Gasteiger partial charge < -0.3 is 10.6 Å². The molecule has 0 spiro atoms. The molecule has 1 aliphatic rings. The Morgan fingerprint density at radius 1 is 0.906 bits per heavy atom. The Hall–Kier alpha value is -2.66. The molecule has 0 saturated heterocycles. The second-order valence-electron chi connectivity index (χ2n) is 8.24. The Balaban J connectivity index is 0.00000289. The lowest BCUT2D eigenvalue weighted by atomic mass is 9.92. The summed E-state index contributed by atoms with van der Waals surface area (Å²) in [4.78, 5) is 16.9. The molecule has 0 fully saturated rings. The number of unbranched alkanes of at least 4 members (excludes halogenated alkanes) is 3. The van der Waals surface area contributed by atoms with Crippen molar-refractivity contribution in [3.05, 3.63) is 71.2 Å². The van der Waals surface area contributed by atoms with E-state index in [1.807, 2.05) is 0 Å². The molecule has 32 heavy (non-hydrogen) atoms. The third kappa shape index (κ3) is 5.98. The fourth-order valence-corrected chi connectivity index (χ4v) is 4.30. The van der Waals surface area contributed by atoms with E-state index in [0.717, 1.165) is 50.6 Å². The van der Waals surface area contributed by atoms with E-state index in [-0.39, 0.29) is 24.1 Å². The van der Waals surface area contributed by atoms with Gasteiger partial charge in [-0.25, -0.2) is 4.39 Å². The summed E-state index contributed by atoms with van der Waals surface area (Å²) in [6, 6.07) is 14.1. The van der Waals surface area contributed by atoms with Gasteiger partial charge in [-0.1, -0.05) is 31.0 Å². The van der Waals surface area contributed by atoms with Crippen LogP contribution in [-0.2, 0) is 12.8 Å². The molecule has 4 rings (SSSR count). The van der Waals surface area contributed by atoms with Gasteiger partial charge in [-0.2, -0.15) is 0 Å². The van der Waals surface area contributed by atoms with E-state index in [1.165, 1.54) is 59.4 Å². The zero-order valence-corrected chi connectivity index (χ0v) is 19.1. The minimum atomic E-state index is -0.328. The van der Waals surface area contributed by atoms with Crippen LogP contribution in [0, 0.1) is 5.82 Å². The number of pyridine rings is 1. The summed E-state index contributed by atoms with van der Waals surface area (Å²) >= 11 is 0. The highest BCUT2D eigenvalue weighted by Gasteiger charge is 2.17. The standard InChI is InChI=1S/C26H30FN3O.ClH/c27-20-15-13-19(14-16-20)26(31)29-18-8-2-1-7-17-28-25-21-9-3-5-11-23(21)30-24-12-6-4-10-22(24)25;/h3,5,9,11,13-16H,1-2,4,6-8,10,12,17-18H2,(H,28,30)(H,29,31);1H. The Bertz CT molecular complexity index is 1040. The van der Waals surface area contributed by atoms with Crippen LogP contribution in [-0.4, -0.2) is 24.0 Å². The van der Waals surface area contributed by atoms with Crippen LogP contribution in [0.25, 0.3) is 10.9 Å². The first-order chi connectivity index (χ1) is 15.2. The molecule has 1 amide bonds. The summed E-state index contributed by atoms with van der Waals surface area (Å²) in [6.07, 6.45) is 8.89. The number of para-hydroxylation sites is 1. The SMILES string of the molecule is Cl.O=C(NCCCCCCNc1c2c(nc3ccccc13)CCCC2)c1ccc(F)cc1. The molecule has 170 valence electrons. The minimum Gasteiger partial charge on any atom is -0.384 e. The number of nitrogens with zero attached hydrogens (tertiary/aromatic N) is 1.